The van der Waals surface area contributed by atoms with Crippen LogP contribution in [0.3, 0.4) is 0 Å². The molecule has 6 heteroatoms. The lowest BCUT2D eigenvalue weighted by Crippen LogP contribution is -2.37. The van der Waals surface area contributed by atoms with Crippen LogP contribution in [0.15, 0.2) is 30.0 Å². The van der Waals surface area contributed by atoms with Gasteiger partial charge in [-0.25, -0.2) is 0 Å². The third-order valence-electron chi connectivity index (χ3n) is 3.39. The molecule has 2 rings (SSSR count). The second-order valence-corrected chi connectivity index (χ2v) is 5.19. The molecule has 1 fully saturated rings. The lowest BCUT2D eigenvalue weighted by atomic mass is 10.1. The number of piperidine rings is 1. The maximum atomic E-state index is 11.8. The van der Waals surface area contributed by atoms with Crippen LogP contribution in [0.5, 0.6) is 0 Å². The Labute approximate surface area is 123 Å². The SMILES string of the molecule is NC(=O)C(=C(NO)c1ccc(Cl)cc1)N1CCCCC1. The Morgan fingerprint density at radius 1 is 1.20 bits per heavy atom. The third kappa shape index (κ3) is 3.23. The van der Waals surface area contributed by atoms with Gasteiger partial charge in [0.2, 0.25) is 0 Å². The van der Waals surface area contributed by atoms with E-state index < -0.39 is 5.91 Å². The summed E-state index contributed by atoms with van der Waals surface area (Å²) >= 11 is 5.85. The standard InChI is InChI=1S/C14H18ClN3O2/c15-11-6-4-10(5-7-11)12(17-20)13(14(16)19)18-8-2-1-3-9-18/h4-7,17,20H,1-3,8-9H2,(H2,16,19). The summed E-state index contributed by atoms with van der Waals surface area (Å²) in [6.45, 7) is 1.52. The van der Waals surface area contributed by atoms with Crippen LogP contribution in [0.4, 0.5) is 0 Å². The Morgan fingerprint density at radius 3 is 2.30 bits per heavy atom. The maximum Gasteiger partial charge on any atom is 0.267 e. The van der Waals surface area contributed by atoms with E-state index in [9.17, 15) is 10.0 Å². The van der Waals surface area contributed by atoms with Crippen molar-refractivity contribution in [2.75, 3.05) is 13.1 Å². The highest BCUT2D eigenvalue weighted by atomic mass is 35.5. The molecule has 0 aliphatic carbocycles. The van der Waals surface area contributed by atoms with Crippen LogP contribution in [-0.2, 0) is 4.79 Å². The average molecular weight is 296 g/mol. The number of nitrogens with two attached hydrogens (primary N) is 1. The van der Waals surface area contributed by atoms with Gasteiger partial charge in [0.25, 0.3) is 5.91 Å². The predicted molar refractivity (Wildman–Crippen MR) is 77.9 cm³/mol. The van der Waals surface area contributed by atoms with Gasteiger partial charge in [-0.15, -0.1) is 0 Å². The lowest BCUT2D eigenvalue weighted by Gasteiger charge is -2.31. The quantitative estimate of drug-likeness (QED) is 0.586. The van der Waals surface area contributed by atoms with Gasteiger partial charge in [0.15, 0.2) is 0 Å². The molecule has 0 bridgehead atoms. The van der Waals surface area contributed by atoms with Crippen molar-refractivity contribution in [2.45, 2.75) is 19.3 Å². The number of hydroxylamine groups is 1. The van der Waals surface area contributed by atoms with E-state index in [0.29, 0.717) is 22.0 Å². The summed E-state index contributed by atoms with van der Waals surface area (Å²) in [7, 11) is 0. The second-order valence-electron chi connectivity index (χ2n) is 4.75. The minimum atomic E-state index is -0.557. The molecule has 0 aromatic heterocycles. The zero-order valence-corrected chi connectivity index (χ0v) is 11.9. The van der Waals surface area contributed by atoms with Crippen LogP contribution in [0.25, 0.3) is 5.70 Å². The van der Waals surface area contributed by atoms with Gasteiger partial charge in [-0.05, 0) is 31.4 Å². The summed E-state index contributed by atoms with van der Waals surface area (Å²) in [5.41, 5.74) is 8.90. The van der Waals surface area contributed by atoms with Crippen molar-refractivity contribution in [3.05, 3.63) is 40.5 Å². The molecular weight excluding hydrogens is 278 g/mol. The van der Waals surface area contributed by atoms with Crippen LogP contribution in [0.1, 0.15) is 24.8 Å². The second kappa shape index (κ2) is 6.63. The van der Waals surface area contributed by atoms with E-state index in [0.717, 1.165) is 32.4 Å². The normalized spacial score (nSPS) is 16.6. The van der Waals surface area contributed by atoms with Crippen LogP contribution < -0.4 is 11.2 Å². The molecule has 0 saturated carbocycles. The summed E-state index contributed by atoms with van der Waals surface area (Å²) in [6, 6.07) is 6.85. The molecule has 0 atom stereocenters. The average Bonchev–Trinajstić information content (AvgIpc) is 2.46. The summed E-state index contributed by atoms with van der Waals surface area (Å²) in [5, 5.41) is 10.0. The molecule has 20 heavy (non-hydrogen) atoms. The number of primary amides is 1. The zero-order valence-electron chi connectivity index (χ0n) is 11.1. The van der Waals surface area contributed by atoms with Crippen molar-refractivity contribution in [1.29, 1.82) is 0 Å². The largest absolute Gasteiger partial charge is 0.365 e. The molecule has 0 unspecified atom stereocenters. The fraction of sp³-hybridized carbons (Fsp3) is 0.357. The number of halogens is 1. The summed E-state index contributed by atoms with van der Waals surface area (Å²) in [4.78, 5) is 13.7. The van der Waals surface area contributed by atoms with Crippen LogP contribution >= 0.6 is 11.6 Å². The molecule has 1 heterocycles. The molecule has 5 nitrogen and oxygen atoms in total. The van der Waals surface area contributed by atoms with Crippen molar-refractivity contribution < 1.29 is 10.0 Å². The van der Waals surface area contributed by atoms with Crippen molar-refractivity contribution in [3.63, 3.8) is 0 Å². The van der Waals surface area contributed by atoms with E-state index in [1.54, 1.807) is 24.3 Å². The summed E-state index contributed by atoms with van der Waals surface area (Å²) in [5.74, 6) is -0.557. The number of benzene rings is 1. The highest BCUT2D eigenvalue weighted by molar-refractivity contribution is 6.30. The van der Waals surface area contributed by atoms with Crippen LogP contribution in [0, 0.1) is 0 Å². The molecule has 1 aromatic rings. The third-order valence-corrected chi connectivity index (χ3v) is 3.64. The molecule has 1 aromatic carbocycles. The number of amides is 1. The van der Waals surface area contributed by atoms with E-state index >= 15 is 0 Å². The lowest BCUT2D eigenvalue weighted by molar-refractivity contribution is -0.116. The Hall–Kier alpha value is -1.72. The van der Waals surface area contributed by atoms with Gasteiger partial charge < -0.3 is 10.6 Å². The van der Waals surface area contributed by atoms with Gasteiger partial charge in [-0.3, -0.25) is 15.5 Å². The number of likely N-dealkylation sites (tertiary alicyclic amines) is 1. The zero-order chi connectivity index (χ0) is 14.5. The van der Waals surface area contributed by atoms with Gasteiger partial charge >= 0.3 is 0 Å². The Bertz CT molecular complexity index is 508. The first-order chi connectivity index (χ1) is 9.63. The van der Waals surface area contributed by atoms with Gasteiger partial charge in [-0.1, -0.05) is 23.7 Å². The molecule has 1 amide bonds. The first-order valence-electron chi connectivity index (χ1n) is 6.58. The van der Waals surface area contributed by atoms with Crippen LogP contribution in [0.2, 0.25) is 5.02 Å². The van der Waals surface area contributed by atoms with E-state index in [4.69, 9.17) is 17.3 Å². The smallest absolute Gasteiger partial charge is 0.267 e. The molecule has 1 aliphatic heterocycles. The topological polar surface area (TPSA) is 78.6 Å². The fourth-order valence-electron chi connectivity index (χ4n) is 2.43. The van der Waals surface area contributed by atoms with E-state index in [1.807, 2.05) is 4.90 Å². The Morgan fingerprint density at radius 2 is 1.80 bits per heavy atom. The van der Waals surface area contributed by atoms with Gasteiger partial charge in [0, 0.05) is 23.7 Å². The van der Waals surface area contributed by atoms with Gasteiger partial charge in [-0.2, -0.15) is 0 Å². The summed E-state index contributed by atoms with van der Waals surface area (Å²) < 4.78 is 0. The van der Waals surface area contributed by atoms with Crippen molar-refractivity contribution in [3.8, 4) is 0 Å². The number of rotatable bonds is 4. The molecule has 0 radical (unpaired) electrons. The fourth-order valence-corrected chi connectivity index (χ4v) is 2.55. The van der Waals surface area contributed by atoms with Gasteiger partial charge in [0.05, 0.1) is 5.70 Å². The minimum Gasteiger partial charge on any atom is -0.365 e. The summed E-state index contributed by atoms with van der Waals surface area (Å²) in [6.07, 6.45) is 3.16. The van der Waals surface area contributed by atoms with E-state index in [1.165, 1.54) is 0 Å². The number of carbonyl (C=O) groups is 1. The highest BCUT2D eigenvalue weighted by Crippen LogP contribution is 2.23. The molecular formula is C14H18ClN3O2. The van der Waals surface area contributed by atoms with E-state index in [2.05, 4.69) is 5.48 Å². The van der Waals surface area contributed by atoms with Crippen molar-refractivity contribution in [2.24, 2.45) is 5.73 Å². The Kier molecular flexibility index (Phi) is 4.87. The van der Waals surface area contributed by atoms with Crippen molar-refractivity contribution in [1.82, 2.24) is 10.4 Å². The molecule has 1 saturated heterocycles. The minimum absolute atomic E-state index is 0.314. The molecule has 1 aliphatic rings. The number of nitrogens with zero attached hydrogens (tertiary/aromatic N) is 1. The number of hydrogen-bond acceptors (Lipinski definition) is 4. The first kappa shape index (κ1) is 14.7. The number of nitrogens with one attached hydrogen (secondary N) is 1. The number of carbonyl (C=O) groups excluding carboxylic acids is 1. The first-order valence-corrected chi connectivity index (χ1v) is 6.96. The Balaban J connectivity index is 2.43. The van der Waals surface area contributed by atoms with E-state index in [-0.39, 0.29) is 0 Å². The number of hydrogen-bond donors (Lipinski definition) is 3. The molecule has 4 N–H and O–H groups in total. The predicted octanol–water partition coefficient (Wildman–Crippen LogP) is 1.96. The maximum absolute atomic E-state index is 11.8. The van der Waals surface area contributed by atoms with Crippen LogP contribution in [-0.4, -0.2) is 29.1 Å². The highest BCUT2D eigenvalue weighted by Gasteiger charge is 2.22. The van der Waals surface area contributed by atoms with Crippen molar-refractivity contribution >= 4 is 23.2 Å². The molecule has 108 valence electrons. The van der Waals surface area contributed by atoms with Gasteiger partial charge in [0.1, 0.15) is 5.70 Å². The molecule has 0 spiro atoms. The monoisotopic (exact) mass is 295 g/mol.